The standard InChI is InChI=1S/C31H54O2Si2/c1-11-14-15-16-26-22-29(32-34(7,8)19-12-2)31(30(23-26)33-35(9,10)20-13-3)28-21-25(6)17-18-27(28)24(4)5/h21-23,27-28H,4,11-20H2,1-3,5-10H3/t27-,28+/m0/s1. The second-order valence-electron chi connectivity index (χ2n) is 12.2. The van der Waals surface area contributed by atoms with E-state index < -0.39 is 16.6 Å². The number of allylic oxidation sites excluding steroid dienone is 3. The minimum atomic E-state index is -1.85. The number of rotatable bonds is 14. The molecule has 0 saturated carbocycles. The van der Waals surface area contributed by atoms with Gasteiger partial charge in [-0.2, -0.15) is 0 Å². The van der Waals surface area contributed by atoms with Crippen LogP contribution in [-0.2, 0) is 6.42 Å². The lowest BCUT2D eigenvalue weighted by Crippen LogP contribution is -2.36. The van der Waals surface area contributed by atoms with Gasteiger partial charge in [-0.15, -0.1) is 0 Å². The van der Waals surface area contributed by atoms with E-state index in [0.717, 1.165) is 30.8 Å². The first-order valence-electron chi connectivity index (χ1n) is 14.3. The van der Waals surface area contributed by atoms with E-state index in [1.807, 2.05) is 0 Å². The highest BCUT2D eigenvalue weighted by molar-refractivity contribution is 6.72. The molecule has 4 heteroatoms. The van der Waals surface area contributed by atoms with Gasteiger partial charge in [-0.25, -0.2) is 0 Å². The van der Waals surface area contributed by atoms with Crippen molar-refractivity contribution in [3.8, 4) is 11.5 Å². The SMILES string of the molecule is C=C(C)[C@@H]1CCC(C)=C[C@H]1c1c(O[Si](C)(C)CCC)cc(CCCCC)cc1O[Si](C)(C)CCC. The largest absolute Gasteiger partial charge is 0.544 e. The van der Waals surface area contributed by atoms with Gasteiger partial charge < -0.3 is 8.85 Å². The maximum atomic E-state index is 7.07. The van der Waals surface area contributed by atoms with Crippen molar-refractivity contribution in [3.05, 3.63) is 47.1 Å². The Hall–Kier alpha value is -1.27. The third-order valence-electron chi connectivity index (χ3n) is 7.42. The summed E-state index contributed by atoms with van der Waals surface area (Å²) in [5.74, 6) is 2.90. The maximum absolute atomic E-state index is 7.07. The zero-order chi connectivity index (χ0) is 26.2. The Bertz CT molecular complexity index is 828. The zero-order valence-electron chi connectivity index (χ0n) is 24.5. The van der Waals surface area contributed by atoms with Crippen LogP contribution in [0.3, 0.4) is 0 Å². The van der Waals surface area contributed by atoms with E-state index in [2.05, 4.69) is 85.6 Å². The molecule has 2 atom stereocenters. The van der Waals surface area contributed by atoms with Crippen molar-refractivity contribution in [1.82, 2.24) is 0 Å². The van der Waals surface area contributed by atoms with Crippen molar-refractivity contribution in [3.63, 3.8) is 0 Å². The maximum Gasteiger partial charge on any atom is 0.245 e. The Morgan fingerprint density at radius 3 is 1.91 bits per heavy atom. The van der Waals surface area contributed by atoms with Crippen LogP contribution in [0.4, 0.5) is 0 Å². The summed E-state index contributed by atoms with van der Waals surface area (Å²) in [7, 11) is -3.70. The van der Waals surface area contributed by atoms with Crippen LogP contribution in [0.15, 0.2) is 35.9 Å². The van der Waals surface area contributed by atoms with Crippen LogP contribution >= 0.6 is 0 Å². The Labute approximate surface area is 219 Å². The van der Waals surface area contributed by atoms with Crippen LogP contribution in [-0.4, -0.2) is 16.6 Å². The molecule has 0 amide bonds. The molecule has 0 N–H and O–H groups in total. The first-order valence-corrected chi connectivity index (χ1v) is 20.5. The summed E-state index contributed by atoms with van der Waals surface area (Å²) >= 11 is 0. The predicted octanol–water partition coefficient (Wildman–Crippen LogP) is 10.4. The molecule has 0 fully saturated rings. The lowest BCUT2D eigenvalue weighted by Gasteiger charge is -2.36. The highest BCUT2D eigenvalue weighted by Gasteiger charge is 2.35. The zero-order valence-corrected chi connectivity index (χ0v) is 26.5. The monoisotopic (exact) mass is 514 g/mol. The lowest BCUT2D eigenvalue weighted by atomic mass is 9.73. The predicted molar refractivity (Wildman–Crippen MR) is 160 cm³/mol. The fraction of sp³-hybridized carbons (Fsp3) is 0.677. The molecule has 0 spiro atoms. The van der Waals surface area contributed by atoms with E-state index >= 15 is 0 Å². The Morgan fingerprint density at radius 2 is 1.46 bits per heavy atom. The molecule has 1 aliphatic rings. The number of benzene rings is 1. The highest BCUT2D eigenvalue weighted by Crippen LogP contribution is 2.48. The van der Waals surface area contributed by atoms with Gasteiger partial charge in [0.25, 0.3) is 0 Å². The van der Waals surface area contributed by atoms with Gasteiger partial charge in [0.05, 0.1) is 0 Å². The van der Waals surface area contributed by atoms with E-state index in [9.17, 15) is 0 Å². The fourth-order valence-corrected chi connectivity index (χ4v) is 9.82. The van der Waals surface area contributed by atoms with E-state index in [-0.39, 0.29) is 5.92 Å². The minimum Gasteiger partial charge on any atom is -0.544 e. The molecular weight excluding hydrogens is 461 g/mol. The summed E-state index contributed by atoms with van der Waals surface area (Å²) in [6.07, 6.45) is 12.0. The van der Waals surface area contributed by atoms with Gasteiger partial charge in [0.2, 0.25) is 16.6 Å². The van der Waals surface area contributed by atoms with Gasteiger partial charge in [0.15, 0.2) is 0 Å². The van der Waals surface area contributed by atoms with Crippen LogP contribution in [0.25, 0.3) is 0 Å². The molecule has 0 aromatic heterocycles. The Kier molecular flexibility index (Phi) is 11.4. The van der Waals surface area contributed by atoms with Gasteiger partial charge in [0, 0.05) is 11.5 Å². The average Bonchev–Trinajstić information content (AvgIpc) is 2.72. The van der Waals surface area contributed by atoms with E-state index in [1.165, 1.54) is 66.5 Å². The molecule has 0 bridgehead atoms. The molecule has 0 aliphatic heterocycles. The third-order valence-corrected chi connectivity index (χ3v) is 12.4. The quantitative estimate of drug-likeness (QED) is 0.140. The lowest BCUT2D eigenvalue weighted by molar-refractivity contribution is 0.445. The Balaban J connectivity index is 2.74. The van der Waals surface area contributed by atoms with E-state index in [4.69, 9.17) is 8.85 Å². The summed E-state index contributed by atoms with van der Waals surface area (Å²) < 4.78 is 14.1. The number of hydrogen-bond donors (Lipinski definition) is 0. The second-order valence-corrected chi connectivity index (χ2v) is 20.7. The van der Waals surface area contributed by atoms with Crippen molar-refractivity contribution in [1.29, 1.82) is 0 Å². The molecule has 0 heterocycles. The van der Waals surface area contributed by atoms with Crippen LogP contribution < -0.4 is 8.85 Å². The van der Waals surface area contributed by atoms with Gasteiger partial charge in [-0.05, 0) is 101 Å². The summed E-state index contributed by atoms with van der Waals surface area (Å²) in [6.45, 7) is 25.2. The average molecular weight is 515 g/mol. The van der Waals surface area contributed by atoms with Crippen molar-refractivity contribution in [2.75, 3.05) is 0 Å². The summed E-state index contributed by atoms with van der Waals surface area (Å²) in [6, 6.07) is 7.10. The molecule has 0 saturated heterocycles. The van der Waals surface area contributed by atoms with E-state index in [1.54, 1.807) is 0 Å². The van der Waals surface area contributed by atoms with Crippen molar-refractivity contribution < 1.29 is 8.85 Å². The smallest absolute Gasteiger partial charge is 0.245 e. The molecule has 1 aromatic rings. The fourth-order valence-electron chi connectivity index (χ4n) is 5.68. The molecule has 0 radical (unpaired) electrons. The third kappa shape index (κ3) is 8.96. The van der Waals surface area contributed by atoms with Crippen LogP contribution in [0, 0.1) is 5.92 Å². The summed E-state index contributed by atoms with van der Waals surface area (Å²) in [4.78, 5) is 0. The molecule has 198 valence electrons. The van der Waals surface area contributed by atoms with Crippen molar-refractivity contribution in [2.45, 2.75) is 130 Å². The van der Waals surface area contributed by atoms with Gasteiger partial charge in [-0.1, -0.05) is 70.3 Å². The molecule has 2 rings (SSSR count). The number of unbranched alkanes of at least 4 members (excludes halogenated alkanes) is 2. The van der Waals surface area contributed by atoms with Gasteiger partial charge in [0.1, 0.15) is 11.5 Å². The highest BCUT2D eigenvalue weighted by atomic mass is 28.4. The topological polar surface area (TPSA) is 18.5 Å². The van der Waals surface area contributed by atoms with Crippen molar-refractivity contribution in [2.24, 2.45) is 5.92 Å². The first-order chi connectivity index (χ1) is 16.4. The minimum absolute atomic E-state index is 0.272. The molecule has 1 aliphatic carbocycles. The van der Waals surface area contributed by atoms with E-state index in [0.29, 0.717) is 5.92 Å². The summed E-state index contributed by atoms with van der Waals surface area (Å²) in [5, 5.41) is 0. The molecule has 2 nitrogen and oxygen atoms in total. The molecule has 0 unspecified atom stereocenters. The summed E-state index contributed by atoms with van der Waals surface area (Å²) in [5.41, 5.74) is 5.42. The van der Waals surface area contributed by atoms with Crippen molar-refractivity contribution >= 4 is 16.6 Å². The van der Waals surface area contributed by atoms with Gasteiger partial charge >= 0.3 is 0 Å². The number of aryl methyl sites for hydroxylation is 1. The molecule has 35 heavy (non-hydrogen) atoms. The first kappa shape index (κ1) is 30.0. The van der Waals surface area contributed by atoms with Crippen LogP contribution in [0.1, 0.15) is 96.6 Å². The number of hydrogen-bond acceptors (Lipinski definition) is 2. The molecular formula is C31H54O2Si2. The van der Waals surface area contributed by atoms with Gasteiger partial charge in [-0.3, -0.25) is 0 Å². The Morgan fingerprint density at radius 1 is 0.914 bits per heavy atom. The molecule has 1 aromatic carbocycles. The normalized spacial score (nSPS) is 18.8. The van der Waals surface area contributed by atoms with Crippen LogP contribution in [0.5, 0.6) is 11.5 Å². The van der Waals surface area contributed by atoms with Crippen LogP contribution in [0.2, 0.25) is 38.3 Å². The second kappa shape index (κ2) is 13.3.